The zero-order valence-corrected chi connectivity index (χ0v) is 15.6. The van der Waals surface area contributed by atoms with Gasteiger partial charge < -0.3 is 9.55 Å². The average Bonchev–Trinajstić information content (AvgIpc) is 3.04. The molecule has 0 saturated carbocycles. The Morgan fingerprint density at radius 3 is 2.39 bits per heavy atom. The van der Waals surface area contributed by atoms with Gasteiger partial charge in [0, 0.05) is 29.1 Å². The van der Waals surface area contributed by atoms with Crippen LogP contribution in [0.4, 0.5) is 8.78 Å². The van der Waals surface area contributed by atoms with Gasteiger partial charge in [-0.25, -0.2) is 18.7 Å². The Kier molecular flexibility index (Phi) is 4.68. The number of aryl methyl sites for hydroxylation is 1. The predicted octanol–water partition coefficient (Wildman–Crippen LogP) is 4.33. The first-order valence-corrected chi connectivity index (χ1v) is 9.04. The van der Waals surface area contributed by atoms with Crippen LogP contribution in [0.1, 0.15) is 18.3 Å². The molecule has 0 aliphatic rings. The van der Waals surface area contributed by atoms with Crippen molar-refractivity contribution < 1.29 is 8.78 Å². The van der Waals surface area contributed by atoms with Crippen LogP contribution in [0.15, 0.2) is 47.3 Å². The van der Waals surface area contributed by atoms with Gasteiger partial charge in [-0.05, 0) is 43.3 Å². The van der Waals surface area contributed by atoms with Crippen LogP contribution in [0.25, 0.3) is 22.6 Å². The molecule has 0 amide bonds. The molecule has 4 aromatic rings. The van der Waals surface area contributed by atoms with Crippen LogP contribution in [-0.4, -0.2) is 19.5 Å². The first-order valence-electron chi connectivity index (χ1n) is 8.66. The summed E-state index contributed by atoms with van der Waals surface area (Å²) in [5.41, 5.74) is 0.711. The quantitative estimate of drug-likeness (QED) is 0.554. The molecule has 0 unspecified atom stereocenters. The van der Waals surface area contributed by atoms with E-state index in [0.29, 0.717) is 23.0 Å². The highest BCUT2D eigenvalue weighted by atomic mass is 35.5. The Labute approximate surface area is 163 Å². The van der Waals surface area contributed by atoms with E-state index in [2.05, 4.69) is 15.0 Å². The van der Waals surface area contributed by atoms with Crippen LogP contribution >= 0.6 is 11.6 Å². The van der Waals surface area contributed by atoms with Crippen molar-refractivity contribution in [1.29, 1.82) is 0 Å². The van der Waals surface area contributed by atoms with Crippen molar-refractivity contribution >= 4 is 22.8 Å². The molecule has 1 N–H and O–H groups in total. The Balaban J connectivity index is 1.86. The van der Waals surface area contributed by atoms with Crippen LogP contribution in [0.3, 0.4) is 0 Å². The van der Waals surface area contributed by atoms with Gasteiger partial charge >= 0.3 is 0 Å². The Hall–Kier alpha value is -3.06. The Morgan fingerprint density at radius 2 is 1.75 bits per heavy atom. The minimum Gasteiger partial charge on any atom is -0.309 e. The molecule has 5 nitrogen and oxygen atoms in total. The van der Waals surface area contributed by atoms with E-state index in [1.54, 1.807) is 28.8 Å². The molecule has 0 radical (unpaired) electrons. The second kappa shape index (κ2) is 7.16. The molecule has 0 spiro atoms. The molecule has 8 heteroatoms. The van der Waals surface area contributed by atoms with Gasteiger partial charge in [-0.3, -0.25) is 4.79 Å². The lowest BCUT2D eigenvalue weighted by atomic mass is 10.1. The number of rotatable bonds is 4. The zero-order valence-electron chi connectivity index (χ0n) is 14.8. The SMILES string of the molecule is CCn1c(-c2ccc(Cl)cc2)nc2c(=O)[nH]c(Cc3c(F)cccc3F)nc21. The van der Waals surface area contributed by atoms with Gasteiger partial charge in [0.25, 0.3) is 5.56 Å². The van der Waals surface area contributed by atoms with Crippen molar-refractivity contribution in [2.45, 2.75) is 19.9 Å². The fraction of sp³-hybridized carbons (Fsp3) is 0.150. The van der Waals surface area contributed by atoms with Crippen molar-refractivity contribution in [1.82, 2.24) is 19.5 Å². The van der Waals surface area contributed by atoms with Crippen LogP contribution in [0, 0.1) is 11.6 Å². The summed E-state index contributed by atoms with van der Waals surface area (Å²) in [5, 5.41) is 0.591. The smallest absolute Gasteiger partial charge is 0.279 e. The highest BCUT2D eigenvalue weighted by Crippen LogP contribution is 2.24. The number of nitrogens with one attached hydrogen (secondary N) is 1. The van der Waals surface area contributed by atoms with Gasteiger partial charge in [-0.2, -0.15) is 0 Å². The maximum absolute atomic E-state index is 14.0. The molecule has 2 aromatic heterocycles. The number of aromatic nitrogens is 4. The van der Waals surface area contributed by atoms with Gasteiger partial charge in [-0.1, -0.05) is 17.7 Å². The first kappa shape index (κ1) is 18.3. The maximum atomic E-state index is 14.0. The fourth-order valence-corrected chi connectivity index (χ4v) is 3.25. The van der Waals surface area contributed by atoms with Crippen molar-refractivity contribution in [3.63, 3.8) is 0 Å². The fourth-order valence-electron chi connectivity index (χ4n) is 3.13. The summed E-state index contributed by atoms with van der Waals surface area (Å²) in [4.78, 5) is 24.0. The number of imidazole rings is 1. The van der Waals surface area contributed by atoms with Gasteiger partial charge in [0.05, 0.1) is 0 Å². The van der Waals surface area contributed by atoms with Crippen molar-refractivity contribution in [2.24, 2.45) is 0 Å². The largest absolute Gasteiger partial charge is 0.309 e. The minimum atomic E-state index is -0.686. The lowest BCUT2D eigenvalue weighted by Crippen LogP contribution is -2.14. The maximum Gasteiger partial charge on any atom is 0.279 e. The predicted molar refractivity (Wildman–Crippen MR) is 103 cm³/mol. The second-order valence-corrected chi connectivity index (χ2v) is 6.68. The number of H-pyrrole nitrogens is 1. The number of hydrogen-bond donors (Lipinski definition) is 1. The first-order chi connectivity index (χ1) is 13.5. The number of halogens is 3. The Bertz CT molecular complexity index is 1210. The van der Waals surface area contributed by atoms with E-state index in [-0.39, 0.29) is 23.3 Å². The number of nitrogens with zero attached hydrogens (tertiary/aromatic N) is 3. The number of fused-ring (bicyclic) bond motifs is 1. The summed E-state index contributed by atoms with van der Waals surface area (Å²) < 4.78 is 29.7. The van der Waals surface area contributed by atoms with E-state index >= 15 is 0 Å². The van der Waals surface area contributed by atoms with E-state index in [1.807, 2.05) is 6.92 Å². The number of hydrogen-bond acceptors (Lipinski definition) is 3. The molecule has 0 aliphatic heterocycles. The van der Waals surface area contributed by atoms with E-state index in [4.69, 9.17) is 11.6 Å². The van der Waals surface area contributed by atoms with Crippen LogP contribution in [-0.2, 0) is 13.0 Å². The highest BCUT2D eigenvalue weighted by Gasteiger charge is 2.18. The molecule has 0 bridgehead atoms. The van der Waals surface area contributed by atoms with E-state index in [1.165, 1.54) is 18.2 Å². The summed E-state index contributed by atoms with van der Waals surface area (Å²) >= 11 is 5.94. The van der Waals surface area contributed by atoms with Gasteiger partial charge in [-0.15, -0.1) is 0 Å². The second-order valence-electron chi connectivity index (χ2n) is 6.25. The van der Waals surface area contributed by atoms with E-state index in [9.17, 15) is 13.6 Å². The lowest BCUT2D eigenvalue weighted by Gasteiger charge is -2.07. The highest BCUT2D eigenvalue weighted by molar-refractivity contribution is 6.30. The third-order valence-electron chi connectivity index (χ3n) is 4.48. The molecule has 0 fully saturated rings. The van der Waals surface area contributed by atoms with Crippen molar-refractivity contribution in [3.8, 4) is 11.4 Å². The molecule has 2 aromatic carbocycles. The lowest BCUT2D eigenvalue weighted by molar-refractivity contribution is 0.559. The summed E-state index contributed by atoms with van der Waals surface area (Å²) in [5.74, 6) is -0.637. The van der Waals surface area contributed by atoms with Gasteiger partial charge in [0.1, 0.15) is 23.3 Å². The van der Waals surface area contributed by atoms with Crippen LogP contribution < -0.4 is 5.56 Å². The summed E-state index contributed by atoms with van der Waals surface area (Å²) in [6, 6.07) is 10.7. The van der Waals surface area contributed by atoms with Gasteiger partial charge in [0.15, 0.2) is 11.2 Å². The van der Waals surface area contributed by atoms with Gasteiger partial charge in [0.2, 0.25) is 0 Å². The molecule has 142 valence electrons. The summed E-state index contributed by atoms with van der Waals surface area (Å²) in [6.45, 7) is 2.41. The number of aromatic amines is 1. The third-order valence-corrected chi connectivity index (χ3v) is 4.73. The third kappa shape index (κ3) is 3.18. The molecule has 0 atom stereocenters. The average molecular weight is 401 g/mol. The van der Waals surface area contributed by atoms with E-state index < -0.39 is 17.2 Å². The van der Waals surface area contributed by atoms with Crippen LogP contribution in [0.2, 0.25) is 5.02 Å². The Morgan fingerprint density at radius 1 is 1.07 bits per heavy atom. The molecule has 4 rings (SSSR count). The van der Waals surface area contributed by atoms with Crippen LogP contribution in [0.5, 0.6) is 0 Å². The zero-order chi connectivity index (χ0) is 19.8. The minimum absolute atomic E-state index is 0.148. The molecule has 0 saturated heterocycles. The molecular formula is C20H15ClF2N4O. The molecule has 28 heavy (non-hydrogen) atoms. The molecule has 0 aliphatic carbocycles. The number of benzene rings is 2. The monoisotopic (exact) mass is 400 g/mol. The standard InChI is InChI=1S/C20H15ClF2N4O/c1-2-27-18(11-6-8-12(21)9-7-11)26-17-19(27)24-16(25-20(17)28)10-13-14(22)4-3-5-15(13)23/h3-9H,2,10H2,1H3,(H,24,25,28). The topological polar surface area (TPSA) is 63.6 Å². The normalized spacial score (nSPS) is 11.3. The van der Waals surface area contributed by atoms with Crippen molar-refractivity contribution in [2.75, 3.05) is 0 Å². The summed E-state index contributed by atoms with van der Waals surface area (Å²) in [7, 11) is 0. The molecular weight excluding hydrogens is 386 g/mol. The molecule has 2 heterocycles. The summed E-state index contributed by atoms with van der Waals surface area (Å²) in [6.07, 6.45) is -0.172. The van der Waals surface area contributed by atoms with E-state index in [0.717, 1.165) is 5.56 Å². The van der Waals surface area contributed by atoms with Crippen molar-refractivity contribution in [3.05, 3.63) is 80.9 Å².